The first-order chi connectivity index (χ1) is 9.29. The Bertz CT molecular complexity index is 464. The van der Waals surface area contributed by atoms with Crippen LogP contribution in [0.4, 0.5) is 0 Å². The van der Waals surface area contributed by atoms with Crippen LogP contribution < -0.4 is 15.2 Å². The van der Waals surface area contributed by atoms with E-state index in [-0.39, 0.29) is 5.41 Å². The van der Waals surface area contributed by atoms with Crippen molar-refractivity contribution >= 4 is 0 Å². The number of ether oxygens (including phenoxy) is 2. The third-order valence-corrected chi connectivity index (χ3v) is 4.78. The fourth-order valence-electron chi connectivity index (χ4n) is 3.60. The van der Waals surface area contributed by atoms with E-state index in [0.29, 0.717) is 6.54 Å². The first-order valence-electron chi connectivity index (χ1n) is 7.33. The topological polar surface area (TPSA) is 44.5 Å². The van der Waals surface area contributed by atoms with Crippen LogP contribution in [0.5, 0.6) is 11.5 Å². The quantitative estimate of drug-likeness (QED) is 0.910. The fraction of sp³-hybridized carbons (Fsp3) is 0.625. The molecule has 1 aromatic carbocycles. The Labute approximate surface area is 115 Å². The summed E-state index contributed by atoms with van der Waals surface area (Å²) in [5, 5.41) is 0. The number of hydrogen-bond donors (Lipinski definition) is 1. The number of methoxy groups -OCH3 is 1. The van der Waals surface area contributed by atoms with Crippen molar-refractivity contribution in [1.29, 1.82) is 0 Å². The number of benzene rings is 1. The Morgan fingerprint density at radius 3 is 2.74 bits per heavy atom. The van der Waals surface area contributed by atoms with Gasteiger partial charge in [0, 0.05) is 29.5 Å². The summed E-state index contributed by atoms with van der Waals surface area (Å²) in [4.78, 5) is 0. The van der Waals surface area contributed by atoms with E-state index in [0.717, 1.165) is 24.5 Å². The van der Waals surface area contributed by atoms with E-state index < -0.39 is 0 Å². The molecule has 1 heterocycles. The second kappa shape index (κ2) is 5.04. The van der Waals surface area contributed by atoms with Crippen molar-refractivity contribution in [2.45, 2.75) is 43.9 Å². The minimum absolute atomic E-state index is 0.0879. The Morgan fingerprint density at radius 2 is 2.05 bits per heavy atom. The maximum atomic E-state index is 6.14. The molecular weight excluding hydrogens is 238 g/mol. The van der Waals surface area contributed by atoms with Crippen molar-refractivity contribution in [2.75, 3.05) is 20.3 Å². The van der Waals surface area contributed by atoms with Gasteiger partial charge in [0.25, 0.3) is 0 Å². The molecule has 0 atom stereocenters. The highest BCUT2D eigenvalue weighted by molar-refractivity contribution is 5.51. The highest BCUT2D eigenvalue weighted by atomic mass is 16.5. The van der Waals surface area contributed by atoms with Gasteiger partial charge in [-0.25, -0.2) is 0 Å². The Kier molecular flexibility index (Phi) is 3.40. The zero-order chi connectivity index (χ0) is 13.3. The molecule has 1 aliphatic carbocycles. The summed E-state index contributed by atoms with van der Waals surface area (Å²) in [6.07, 6.45) is 7.17. The van der Waals surface area contributed by atoms with Gasteiger partial charge in [0.2, 0.25) is 0 Å². The number of rotatable bonds is 3. The Hall–Kier alpha value is -1.22. The van der Waals surface area contributed by atoms with E-state index in [1.54, 1.807) is 7.11 Å². The molecule has 1 fully saturated rings. The summed E-state index contributed by atoms with van der Waals surface area (Å²) in [6.45, 7) is 1.49. The molecule has 1 aliphatic heterocycles. The van der Waals surface area contributed by atoms with E-state index in [1.165, 1.54) is 43.2 Å². The van der Waals surface area contributed by atoms with Gasteiger partial charge >= 0.3 is 0 Å². The third-order valence-electron chi connectivity index (χ3n) is 4.78. The first-order valence-corrected chi connectivity index (χ1v) is 7.33. The maximum absolute atomic E-state index is 6.14. The van der Waals surface area contributed by atoms with Crippen LogP contribution in [0.25, 0.3) is 0 Å². The van der Waals surface area contributed by atoms with Crippen LogP contribution in [-0.2, 0) is 11.8 Å². The molecule has 0 radical (unpaired) electrons. The highest BCUT2D eigenvalue weighted by Crippen LogP contribution is 2.45. The summed E-state index contributed by atoms with van der Waals surface area (Å²) < 4.78 is 11.4. The van der Waals surface area contributed by atoms with Crippen LogP contribution in [0.3, 0.4) is 0 Å². The number of hydrogen-bond acceptors (Lipinski definition) is 3. The molecule has 0 bridgehead atoms. The minimum atomic E-state index is 0.0879. The highest BCUT2D eigenvalue weighted by Gasteiger charge is 2.36. The first kappa shape index (κ1) is 12.8. The third kappa shape index (κ3) is 2.10. The lowest BCUT2D eigenvalue weighted by atomic mass is 9.69. The van der Waals surface area contributed by atoms with Gasteiger partial charge in [0.15, 0.2) is 0 Å². The molecule has 0 spiro atoms. The molecule has 3 rings (SSSR count). The largest absolute Gasteiger partial charge is 0.496 e. The van der Waals surface area contributed by atoms with Gasteiger partial charge in [-0.2, -0.15) is 0 Å². The average molecular weight is 261 g/mol. The second-order valence-corrected chi connectivity index (χ2v) is 5.80. The molecule has 0 saturated heterocycles. The van der Waals surface area contributed by atoms with Gasteiger partial charge in [-0.3, -0.25) is 0 Å². The zero-order valence-electron chi connectivity index (χ0n) is 11.7. The Balaban J connectivity index is 2.07. The van der Waals surface area contributed by atoms with E-state index in [1.807, 2.05) is 0 Å². The number of nitrogens with two attached hydrogens (primary N) is 1. The molecule has 2 aliphatic rings. The molecule has 0 amide bonds. The van der Waals surface area contributed by atoms with Crippen LogP contribution in [-0.4, -0.2) is 20.3 Å². The van der Waals surface area contributed by atoms with Gasteiger partial charge in [0.05, 0.1) is 13.7 Å². The molecule has 0 aromatic heterocycles. The lowest BCUT2D eigenvalue weighted by Crippen LogP contribution is -2.37. The van der Waals surface area contributed by atoms with E-state index in [9.17, 15) is 0 Å². The summed E-state index contributed by atoms with van der Waals surface area (Å²) in [7, 11) is 1.76. The molecule has 0 unspecified atom stereocenters. The predicted octanol–water partition coefficient (Wildman–Crippen LogP) is 2.79. The van der Waals surface area contributed by atoms with Gasteiger partial charge in [0.1, 0.15) is 11.5 Å². The smallest absolute Gasteiger partial charge is 0.123 e. The molecular formula is C16H23NO2. The summed E-state index contributed by atoms with van der Waals surface area (Å²) in [5.41, 5.74) is 8.76. The fourth-order valence-corrected chi connectivity index (χ4v) is 3.60. The van der Waals surface area contributed by atoms with Crippen LogP contribution in [0.15, 0.2) is 12.1 Å². The monoisotopic (exact) mass is 261 g/mol. The molecule has 2 N–H and O–H groups in total. The SMILES string of the molecule is COc1cc2c(cc1C1(CN)CCCCC1)OCC2. The van der Waals surface area contributed by atoms with E-state index in [2.05, 4.69) is 12.1 Å². The molecule has 1 saturated carbocycles. The zero-order valence-corrected chi connectivity index (χ0v) is 11.7. The van der Waals surface area contributed by atoms with Gasteiger partial charge < -0.3 is 15.2 Å². The standard InChI is InChI=1S/C16H23NO2/c1-18-15-9-12-5-8-19-14(12)10-13(15)16(11-17)6-3-2-4-7-16/h9-10H,2-8,11,17H2,1H3. The normalized spacial score (nSPS) is 20.7. The summed E-state index contributed by atoms with van der Waals surface area (Å²) in [6, 6.07) is 4.35. The molecule has 3 nitrogen and oxygen atoms in total. The molecule has 3 heteroatoms. The van der Waals surface area contributed by atoms with Crippen molar-refractivity contribution in [3.8, 4) is 11.5 Å². The summed E-state index contributed by atoms with van der Waals surface area (Å²) in [5.74, 6) is 2.03. The van der Waals surface area contributed by atoms with Crippen molar-refractivity contribution in [3.63, 3.8) is 0 Å². The van der Waals surface area contributed by atoms with Crippen LogP contribution in [0.2, 0.25) is 0 Å². The lowest BCUT2D eigenvalue weighted by Gasteiger charge is -2.37. The van der Waals surface area contributed by atoms with Gasteiger partial charge in [-0.15, -0.1) is 0 Å². The average Bonchev–Trinajstić information content (AvgIpc) is 2.93. The maximum Gasteiger partial charge on any atom is 0.123 e. The van der Waals surface area contributed by atoms with Gasteiger partial charge in [-0.1, -0.05) is 19.3 Å². The predicted molar refractivity (Wildman–Crippen MR) is 76.0 cm³/mol. The lowest BCUT2D eigenvalue weighted by molar-refractivity contribution is 0.286. The van der Waals surface area contributed by atoms with E-state index >= 15 is 0 Å². The van der Waals surface area contributed by atoms with Gasteiger partial charge in [-0.05, 0) is 25.0 Å². The van der Waals surface area contributed by atoms with Crippen molar-refractivity contribution in [1.82, 2.24) is 0 Å². The van der Waals surface area contributed by atoms with E-state index in [4.69, 9.17) is 15.2 Å². The second-order valence-electron chi connectivity index (χ2n) is 5.80. The summed E-state index contributed by atoms with van der Waals surface area (Å²) >= 11 is 0. The molecule has 1 aromatic rings. The van der Waals surface area contributed by atoms with Crippen LogP contribution in [0.1, 0.15) is 43.2 Å². The van der Waals surface area contributed by atoms with Crippen molar-refractivity contribution < 1.29 is 9.47 Å². The molecule has 104 valence electrons. The number of fused-ring (bicyclic) bond motifs is 1. The van der Waals surface area contributed by atoms with Crippen LogP contribution >= 0.6 is 0 Å². The van der Waals surface area contributed by atoms with Crippen molar-refractivity contribution in [2.24, 2.45) is 5.73 Å². The minimum Gasteiger partial charge on any atom is -0.496 e. The van der Waals surface area contributed by atoms with Crippen LogP contribution in [0, 0.1) is 0 Å². The van der Waals surface area contributed by atoms with Crippen molar-refractivity contribution in [3.05, 3.63) is 23.3 Å². The molecule has 19 heavy (non-hydrogen) atoms. The Morgan fingerprint density at radius 1 is 1.26 bits per heavy atom.